The van der Waals surface area contributed by atoms with Crippen LogP contribution in [0.2, 0.25) is 0 Å². The van der Waals surface area contributed by atoms with Crippen LogP contribution in [0.15, 0.2) is 24.3 Å². The molecule has 1 atom stereocenters. The normalized spacial score (nSPS) is 12.0. The topological polar surface area (TPSA) is 106 Å². The maximum atomic E-state index is 12.2. The van der Waals surface area contributed by atoms with Gasteiger partial charge in [0.05, 0.1) is 18.2 Å². The molecule has 0 fully saturated rings. The maximum Gasteiger partial charge on any atom is 0.425 e. The quantitative estimate of drug-likeness (QED) is 0.395. The van der Waals surface area contributed by atoms with Crippen molar-refractivity contribution >= 4 is 12.1 Å². The van der Waals surface area contributed by atoms with Gasteiger partial charge < -0.3 is 9.47 Å². The SMILES string of the molecule is CCOC(=O)C(c1cccc(C#N)c1)N(N)C(=O)OC(C)(C)C. The Bertz CT molecular complexity index is 616. The molecule has 1 amide bonds. The second kappa shape index (κ2) is 7.61. The van der Waals surface area contributed by atoms with Gasteiger partial charge in [-0.15, -0.1) is 0 Å². The Balaban J connectivity index is 3.17. The van der Waals surface area contributed by atoms with Gasteiger partial charge in [0, 0.05) is 0 Å². The molecular weight excluding hydrogens is 298 g/mol. The molecule has 124 valence electrons. The van der Waals surface area contributed by atoms with Gasteiger partial charge >= 0.3 is 12.1 Å². The third kappa shape index (κ3) is 5.27. The van der Waals surface area contributed by atoms with Gasteiger partial charge in [-0.1, -0.05) is 12.1 Å². The molecule has 0 heterocycles. The summed E-state index contributed by atoms with van der Waals surface area (Å²) < 4.78 is 10.2. The van der Waals surface area contributed by atoms with E-state index in [9.17, 15) is 9.59 Å². The number of esters is 1. The first kappa shape index (κ1) is 18.5. The highest BCUT2D eigenvalue weighted by Gasteiger charge is 2.33. The van der Waals surface area contributed by atoms with Gasteiger partial charge in [-0.3, -0.25) is 0 Å². The molecule has 0 saturated heterocycles. The van der Waals surface area contributed by atoms with Crippen LogP contribution in [-0.4, -0.2) is 29.3 Å². The van der Waals surface area contributed by atoms with Crippen molar-refractivity contribution in [3.63, 3.8) is 0 Å². The minimum atomic E-state index is -1.20. The molecule has 0 aliphatic heterocycles. The third-order valence-electron chi connectivity index (χ3n) is 2.72. The number of nitrogens with two attached hydrogens (primary N) is 1. The van der Waals surface area contributed by atoms with E-state index in [1.807, 2.05) is 6.07 Å². The Labute approximate surface area is 135 Å². The molecule has 1 aromatic carbocycles. The minimum Gasteiger partial charge on any atom is -0.464 e. The predicted octanol–water partition coefficient (Wildman–Crippen LogP) is 2.27. The first-order valence-corrected chi connectivity index (χ1v) is 7.13. The maximum absolute atomic E-state index is 12.2. The predicted molar refractivity (Wildman–Crippen MR) is 82.8 cm³/mol. The number of carbonyl (C=O) groups excluding carboxylic acids is 2. The van der Waals surface area contributed by atoms with E-state index < -0.39 is 23.7 Å². The number of nitrogens with zero attached hydrogens (tertiary/aromatic N) is 2. The molecule has 1 unspecified atom stereocenters. The van der Waals surface area contributed by atoms with Crippen LogP contribution in [-0.2, 0) is 14.3 Å². The first-order valence-electron chi connectivity index (χ1n) is 7.13. The summed E-state index contributed by atoms with van der Waals surface area (Å²) in [5, 5.41) is 9.66. The lowest BCUT2D eigenvalue weighted by atomic mass is 10.0. The van der Waals surface area contributed by atoms with Crippen molar-refractivity contribution in [3.8, 4) is 6.07 Å². The zero-order valence-corrected chi connectivity index (χ0v) is 13.7. The van der Waals surface area contributed by atoms with E-state index in [2.05, 4.69) is 0 Å². The van der Waals surface area contributed by atoms with Gasteiger partial charge in [0.25, 0.3) is 0 Å². The number of hydrazine groups is 1. The number of rotatable bonds is 4. The Hall–Kier alpha value is -2.59. The number of hydrogen-bond acceptors (Lipinski definition) is 6. The molecule has 0 aliphatic carbocycles. The zero-order valence-electron chi connectivity index (χ0n) is 13.7. The number of carbonyl (C=O) groups is 2. The largest absolute Gasteiger partial charge is 0.464 e. The van der Waals surface area contributed by atoms with E-state index in [0.29, 0.717) is 16.1 Å². The molecule has 0 aromatic heterocycles. The summed E-state index contributed by atoms with van der Waals surface area (Å²) in [4.78, 5) is 24.4. The molecule has 0 aliphatic rings. The number of ether oxygens (including phenoxy) is 2. The van der Waals surface area contributed by atoms with Gasteiger partial charge in [0.2, 0.25) is 0 Å². The fourth-order valence-electron chi connectivity index (χ4n) is 1.83. The number of amides is 1. The summed E-state index contributed by atoms with van der Waals surface area (Å²) in [6.45, 7) is 6.85. The summed E-state index contributed by atoms with van der Waals surface area (Å²) in [6, 6.07) is 7.03. The summed E-state index contributed by atoms with van der Waals surface area (Å²) in [7, 11) is 0. The van der Waals surface area contributed by atoms with Crippen molar-refractivity contribution in [1.29, 1.82) is 5.26 Å². The van der Waals surface area contributed by atoms with Gasteiger partial charge in [0.1, 0.15) is 5.60 Å². The smallest absolute Gasteiger partial charge is 0.425 e. The molecule has 1 rings (SSSR count). The van der Waals surface area contributed by atoms with E-state index in [0.717, 1.165) is 0 Å². The Morgan fingerprint density at radius 1 is 1.39 bits per heavy atom. The molecule has 0 saturated carbocycles. The van der Waals surface area contributed by atoms with Gasteiger partial charge in [-0.2, -0.15) is 5.26 Å². The minimum absolute atomic E-state index is 0.134. The lowest BCUT2D eigenvalue weighted by Crippen LogP contribution is -2.47. The van der Waals surface area contributed by atoms with E-state index >= 15 is 0 Å². The number of hydrogen-bond donors (Lipinski definition) is 1. The molecule has 1 aromatic rings. The van der Waals surface area contributed by atoms with Crippen LogP contribution >= 0.6 is 0 Å². The van der Waals surface area contributed by atoms with Gasteiger partial charge in [-0.05, 0) is 45.4 Å². The van der Waals surface area contributed by atoms with Crippen LogP contribution in [0.1, 0.15) is 44.9 Å². The van der Waals surface area contributed by atoms with Crippen LogP contribution in [0.5, 0.6) is 0 Å². The van der Waals surface area contributed by atoms with E-state index in [1.165, 1.54) is 6.07 Å². The van der Waals surface area contributed by atoms with Gasteiger partial charge in [-0.25, -0.2) is 20.4 Å². The van der Waals surface area contributed by atoms with Crippen molar-refractivity contribution < 1.29 is 19.1 Å². The van der Waals surface area contributed by atoms with Crippen molar-refractivity contribution in [3.05, 3.63) is 35.4 Å². The molecule has 2 N–H and O–H groups in total. The average Bonchev–Trinajstić information content (AvgIpc) is 2.46. The van der Waals surface area contributed by atoms with Crippen LogP contribution in [0, 0.1) is 11.3 Å². The summed E-state index contributed by atoms with van der Waals surface area (Å²) >= 11 is 0. The fraction of sp³-hybridized carbons (Fsp3) is 0.438. The van der Waals surface area contributed by atoms with Crippen LogP contribution in [0.3, 0.4) is 0 Å². The number of nitriles is 1. The summed E-state index contributed by atoms with van der Waals surface area (Å²) in [5.74, 6) is 5.10. The Morgan fingerprint density at radius 3 is 2.57 bits per heavy atom. The second-order valence-corrected chi connectivity index (χ2v) is 5.78. The fourth-order valence-corrected chi connectivity index (χ4v) is 1.83. The van der Waals surface area contributed by atoms with Gasteiger partial charge in [0.15, 0.2) is 6.04 Å². The first-order chi connectivity index (χ1) is 10.7. The van der Waals surface area contributed by atoms with Crippen molar-refractivity contribution in [2.75, 3.05) is 6.61 Å². The lowest BCUT2D eigenvalue weighted by molar-refractivity contribution is -0.149. The highest BCUT2D eigenvalue weighted by atomic mass is 16.6. The molecule has 0 bridgehead atoms. The van der Waals surface area contributed by atoms with Crippen molar-refractivity contribution in [1.82, 2.24) is 5.01 Å². The van der Waals surface area contributed by atoms with Crippen LogP contribution < -0.4 is 5.84 Å². The molecular formula is C16H21N3O4. The van der Waals surface area contributed by atoms with Crippen molar-refractivity contribution in [2.45, 2.75) is 39.3 Å². The molecule has 23 heavy (non-hydrogen) atoms. The summed E-state index contributed by atoms with van der Waals surface area (Å²) in [6.07, 6.45) is -0.863. The Kier molecular flexibility index (Phi) is 6.10. The van der Waals surface area contributed by atoms with E-state index in [1.54, 1.807) is 45.9 Å². The molecule has 0 radical (unpaired) electrons. The number of benzene rings is 1. The van der Waals surface area contributed by atoms with E-state index in [4.69, 9.17) is 20.6 Å². The Morgan fingerprint density at radius 2 is 2.04 bits per heavy atom. The monoisotopic (exact) mass is 319 g/mol. The molecule has 0 spiro atoms. The average molecular weight is 319 g/mol. The van der Waals surface area contributed by atoms with Crippen LogP contribution in [0.25, 0.3) is 0 Å². The third-order valence-corrected chi connectivity index (χ3v) is 2.72. The summed E-state index contributed by atoms with van der Waals surface area (Å²) in [5.41, 5.74) is -0.0483. The zero-order chi connectivity index (χ0) is 17.6. The highest BCUT2D eigenvalue weighted by Crippen LogP contribution is 2.23. The second-order valence-electron chi connectivity index (χ2n) is 5.78. The molecule has 7 nitrogen and oxygen atoms in total. The molecule has 7 heteroatoms. The standard InChI is InChI=1S/C16H21N3O4/c1-5-22-14(20)13(12-8-6-7-11(9-12)10-17)19(18)15(21)23-16(2,3)4/h6-9,13H,5,18H2,1-4H3. The van der Waals surface area contributed by atoms with Crippen LogP contribution in [0.4, 0.5) is 4.79 Å². The van der Waals surface area contributed by atoms with Crippen molar-refractivity contribution in [2.24, 2.45) is 5.84 Å². The van der Waals surface area contributed by atoms with E-state index in [-0.39, 0.29) is 6.61 Å². The highest BCUT2D eigenvalue weighted by molar-refractivity contribution is 5.82. The lowest BCUT2D eigenvalue weighted by Gasteiger charge is -2.29.